The summed E-state index contributed by atoms with van der Waals surface area (Å²) in [5.41, 5.74) is 3.62. The van der Waals surface area contributed by atoms with E-state index >= 15 is 0 Å². The predicted octanol–water partition coefficient (Wildman–Crippen LogP) is 7.06. The molecule has 5 rings (SSSR count). The van der Waals surface area contributed by atoms with Crippen molar-refractivity contribution in [2.24, 2.45) is 0 Å². The van der Waals surface area contributed by atoms with Crippen LogP contribution in [0.2, 0.25) is 0 Å². The van der Waals surface area contributed by atoms with Crippen molar-refractivity contribution >= 4 is 22.8 Å². The van der Waals surface area contributed by atoms with E-state index in [9.17, 15) is 4.79 Å². The molecule has 0 fully saturated rings. The van der Waals surface area contributed by atoms with Crippen LogP contribution in [0.25, 0.3) is 16.8 Å². The van der Waals surface area contributed by atoms with Crippen LogP contribution >= 0.6 is 0 Å². The van der Waals surface area contributed by atoms with Gasteiger partial charge in [-0.05, 0) is 44.4 Å². The van der Waals surface area contributed by atoms with Gasteiger partial charge in [0.25, 0.3) is 0 Å². The molecule has 3 nitrogen and oxygen atoms in total. The molecule has 0 aliphatic carbocycles. The second-order valence-electron chi connectivity index (χ2n) is 8.75. The standard InChI is InChI=1S/C30H26O3/c1-20(2)32-29(31)27-19-22-18-21(3)14-15-25(22)28-26(27)16-17-30(33-28,23-10-6-4-7-11-23)24-12-8-5-9-13-24/h4-20H,1-3H3. The summed E-state index contributed by atoms with van der Waals surface area (Å²) in [5.74, 6) is 0.350. The largest absolute Gasteiger partial charge is 0.472 e. The maximum atomic E-state index is 13.0. The molecule has 164 valence electrons. The summed E-state index contributed by atoms with van der Waals surface area (Å²) >= 11 is 0. The minimum Gasteiger partial charge on any atom is -0.472 e. The number of benzene rings is 4. The Kier molecular flexibility index (Phi) is 5.26. The molecular formula is C30H26O3. The van der Waals surface area contributed by atoms with Crippen molar-refractivity contribution < 1.29 is 14.3 Å². The Labute approximate surface area is 194 Å². The Bertz CT molecular complexity index is 1310. The second-order valence-corrected chi connectivity index (χ2v) is 8.75. The van der Waals surface area contributed by atoms with Gasteiger partial charge in [-0.2, -0.15) is 0 Å². The quantitative estimate of drug-likeness (QED) is 0.323. The summed E-state index contributed by atoms with van der Waals surface area (Å²) in [6.07, 6.45) is 3.85. The average molecular weight is 435 g/mol. The van der Waals surface area contributed by atoms with Crippen LogP contribution in [0.5, 0.6) is 5.75 Å². The van der Waals surface area contributed by atoms with Gasteiger partial charge < -0.3 is 9.47 Å². The molecule has 0 aromatic heterocycles. The molecule has 0 atom stereocenters. The third kappa shape index (κ3) is 3.70. The zero-order chi connectivity index (χ0) is 23.0. The summed E-state index contributed by atoms with van der Waals surface area (Å²) in [7, 11) is 0. The van der Waals surface area contributed by atoms with Gasteiger partial charge in [0.2, 0.25) is 0 Å². The van der Waals surface area contributed by atoms with E-state index in [1.165, 1.54) is 0 Å². The first-order valence-electron chi connectivity index (χ1n) is 11.3. The number of hydrogen-bond acceptors (Lipinski definition) is 3. The van der Waals surface area contributed by atoms with Crippen LogP contribution in [0, 0.1) is 6.92 Å². The van der Waals surface area contributed by atoms with Gasteiger partial charge in [-0.25, -0.2) is 4.79 Å². The van der Waals surface area contributed by atoms with Crippen molar-refractivity contribution in [2.75, 3.05) is 0 Å². The van der Waals surface area contributed by atoms with Gasteiger partial charge in [-0.3, -0.25) is 0 Å². The van der Waals surface area contributed by atoms with Gasteiger partial charge in [0.1, 0.15) is 5.75 Å². The van der Waals surface area contributed by atoms with Gasteiger partial charge >= 0.3 is 5.97 Å². The topological polar surface area (TPSA) is 35.5 Å². The van der Waals surface area contributed by atoms with Crippen LogP contribution < -0.4 is 4.74 Å². The Balaban J connectivity index is 1.78. The highest BCUT2D eigenvalue weighted by Gasteiger charge is 2.38. The van der Waals surface area contributed by atoms with Crippen LogP contribution in [0.4, 0.5) is 0 Å². The molecule has 0 amide bonds. The Morgan fingerprint density at radius 1 is 0.879 bits per heavy atom. The van der Waals surface area contributed by atoms with E-state index in [1.54, 1.807) is 0 Å². The van der Waals surface area contributed by atoms with E-state index in [0.717, 1.165) is 33.0 Å². The van der Waals surface area contributed by atoms with Crippen LogP contribution in [0.15, 0.2) is 91.0 Å². The first kappa shape index (κ1) is 21.0. The molecule has 0 spiro atoms. The first-order chi connectivity index (χ1) is 16.0. The van der Waals surface area contributed by atoms with Gasteiger partial charge in [0.15, 0.2) is 5.60 Å². The molecule has 4 aromatic carbocycles. The zero-order valence-electron chi connectivity index (χ0n) is 19.0. The summed E-state index contributed by atoms with van der Waals surface area (Å²) in [5, 5.41) is 1.92. The maximum Gasteiger partial charge on any atom is 0.339 e. The van der Waals surface area contributed by atoms with Gasteiger partial charge in [0.05, 0.1) is 11.7 Å². The van der Waals surface area contributed by atoms with E-state index in [1.807, 2.05) is 75.4 Å². The monoisotopic (exact) mass is 434 g/mol. The maximum absolute atomic E-state index is 13.0. The highest BCUT2D eigenvalue weighted by atomic mass is 16.5. The summed E-state index contributed by atoms with van der Waals surface area (Å²) in [6, 6.07) is 28.5. The van der Waals surface area contributed by atoms with Gasteiger partial charge in [0, 0.05) is 22.1 Å². The Morgan fingerprint density at radius 2 is 1.52 bits per heavy atom. The highest BCUT2D eigenvalue weighted by Crippen LogP contribution is 2.46. The fraction of sp³-hybridized carbons (Fsp3) is 0.167. The molecule has 0 bridgehead atoms. The fourth-order valence-electron chi connectivity index (χ4n) is 4.48. The van der Waals surface area contributed by atoms with Crippen LogP contribution in [0.3, 0.4) is 0 Å². The van der Waals surface area contributed by atoms with Crippen molar-refractivity contribution in [3.8, 4) is 5.75 Å². The van der Waals surface area contributed by atoms with E-state index in [-0.39, 0.29) is 12.1 Å². The van der Waals surface area contributed by atoms with Crippen molar-refractivity contribution in [3.05, 3.63) is 119 Å². The summed E-state index contributed by atoms with van der Waals surface area (Å²) < 4.78 is 12.5. The third-order valence-corrected chi connectivity index (χ3v) is 6.00. The van der Waals surface area contributed by atoms with E-state index in [2.05, 4.69) is 42.5 Å². The molecule has 0 radical (unpaired) electrons. The summed E-state index contributed by atoms with van der Waals surface area (Å²) in [6.45, 7) is 5.76. The number of aryl methyl sites for hydroxylation is 1. The van der Waals surface area contributed by atoms with Gasteiger partial charge in [-0.1, -0.05) is 84.4 Å². The Hall–Kier alpha value is -3.85. The van der Waals surface area contributed by atoms with Crippen LogP contribution in [-0.2, 0) is 10.3 Å². The van der Waals surface area contributed by atoms with Crippen molar-refractivity contribution in [2.45, 2.75) is 32.5 Å². The number of fused-ring (bicyclic) bond motifs is 3. The molecular weight excluding hydrogens is 408 g/mol. The van der Waals surface area contributed by atoms with E-state index in [0.29, 0.717) is 11.3 Å². The minimum atomic E-state index is -0.812. The molecule has 1 heterocycles. The molecule has 0 saturated heterocycles. The normalized spacial score (nSPS) is 14.1. The minimum absolute atomic E-state index is 0.206. The number of carbonyl (C=O) groups excluding carboxylic acids is 1. The predicted molar refractivity (Wildman–Crippen MR) is 133 cm³/mol. The van der Waals surface area contributed by atoms with Crippen molar-refractivity contribution in [3.63, 3.8) is 0 Å². The van der Waals surface area contributed by atoms with E-state index < -0.39 is 5.60 Å². The molecule has 0 unspecified atom stereocenters. The lowest BCUT2D eigenvalue weighted by Gasteiger charge is -2.37. The zero-order valence-corrected chi connectivity index (χ0v) is 19.0. The van der Waals surface area contributed by atoms with Gasteiger partial charge in [-0.15, -0.1) is 0 Å². The number of carbonyl (C=O) groups is 1. The number of rotatable bonds is 4. The Morgan fingerprint density at radius 3 is 2.12 bits per heavy atom. The fourth-order valence-corrected chi connectivity index (χ4v) is 4.48. The number of hydrogen-bond donors (Lipinski definition) is 0. The molecule has 3 heteroatoms. The first-order valence-corrected chi connectivity index (χ1v) is 11.3. The van der Waals surface area contributed by atoms with E-state index in [4.69, 9.17) is 9.47 Å². The molecule has 33 heavy (non-hydrogen) atoms. The molecule has 1 aliphatic rings. The summed E-state index contributed by atoms with van der Waals surface area (Å²) in [4.78, 5) is 13.0. The van der Waals surface area contributed by atoms with Crippen molar-refractivity contribution in [1.29, 1.82) is 0 Å². The highest BCUT2D eigenvalue weighted by molar-refractivity contribution is 6.04. The SMILES string of the molecule is Cc1ccc2c3c(c(C(=O)OC(C)C)cc2c1)C=CC(c1ccccc1)(c1ccccc1)O3. The average Bonchev–Trinajstić information content (AvgIpc) is 2.83. The lowest BCUT2D eigenvalue weighted by molar-refractivity contribution is 0.0376. The third-order valence-electron chi connectivity index (χ3n) is 6.00. The molecule has 1 aliphatic heterocycles. The molecule has 0 saturated carbocycles. The molecule has 0 N–H and O–H groups in total. The lowest BCUT2D eigenvalue weighted by Crippen LogP contribution is -2.34. The van der Waals surface area contributed by atoms with Crippen LogP contribution in [0.1, 0.15) is 46.5 Å². The van der Waals surface area contributed by atoms with Crippen LogP contribution in [-0.4, -0.2) is 12.1 Å². The lowest BCUT2D eigenvalue weighted by atomic mass is 9.82. The smallest absolute Gasteiger partial charge is 0.339 e. The number of esters is 1. The van der Waals surface area contributed by atoms with Crippen molar-refractivity contribution in [1.82, 2.24) is 0 Å². The molecule has 4 aromatic rings. The second kappa shape index (κ2) is 8.25. The number of ether oxygens (including phenoxy) is 2.